The van der Waals surface area contributed by atoms with Crippen molar-refractivity contribution in [1.82, 2.24) is 4.98 Å². The maximum absolute atomic E-state index is 4.06. The van der Waals surface area contributed by atoms with Gasteiger partial charge in [0.05, 0.1) is 5.69 Å². The smallest absolute Gasteiger partial charge is 0.0787 e. The number of aromatic nitrogens is 1. The molecule has 0 aliphatic heterocycles. The van der Waals surface area contributed by atoms with Gasteiger partial charge in [0.15, 0.2) is 0 Å². The minimum atomic E-state index is 0.870. The fraction of sp³-hybridized carbons (Fsp3) is 0. The summed E-state index contributed by atoms with van der Waals surface area (Å²) in [6.07, 6.45) is 3.68. The number of hydrogen-bond donors (Lipinski definition) is 1. The lowest BCUT2D eigenvalue weighted by Gasteiger charge is -2.06. The van der Waals surface area contributed by atoms with E-state index in [4.69, 9.17) is 0 Å². The zero-order chi connectivity index (χ0) is 10.7. The molecule has 2 rings (SSSR count). The molecule has 0 unspecified atom stereocenters. The molecule has 1 heterocycles. The fourth-order valence-corrected chi connectivity index (χ4v) is 1.62. The Kier molecular flexibility index (Phi) is 2.50. The molecule has 0 amide bonds. The van der Waals surface area contributed by atoms with Crippen molar-refractivity contribution in [3.05, 3.63) is 48.7 Å². The maximum Gasteiger partial charge on any atom is 0.0787 e. The first-order chi connectivity index (χ1) is 7.36. The van der Waals surface area contributed by atoms with Gasteiger partial charge in [-0.15, -0.1) is 0 Å². The minimum Gasteiger partial charge on any atom is -0.361 e. The van der Waals surface area contributed by atoms with Crippen molar-refractivity contribution in [2.75, 3.05) is 0 Å². The van der Waals surface area contributed by atoms with Gasteiger partial charge in [0, 0.05) is 23.0 Å². The van der Waals surface area contributed by atoms with Gasteiger partial charge in [-0.05, 0) is 18.9 Å². The largest absolute Gasteiger partial charge is 0.361 e. The summed E-state index contributed by atoms with van der Waals surface area (Å²) in [4.78, 5) is 7.21. The predicted octanol–water partition coefficient (Wildman–Crippen LogP) is 3.66. The van der Waals surface area contributed by atoms with E-state index in [2.05, 4.69) is 23.3 Å². The van der Waals surface area contributed by atoms with Crippen molar-refractivity contribution in [3.63, 3.8) is 0 Å². The van der Waals surface area contributed by atoms with Crippen LogP contribution in [0.1, 0.15) is 5.56 Å². The first-order valence-electron chi connectivity index (χ1n) is 4.72. The van der Waals surface area contributed by atoms with Gasteiger partial charge in [-0.3, -0.25) is 4.99 Å². The monoisotopic (exact) mass is 196 g/mol. The average molecular weight is 196 g/mol. The van der Waals surface area contributed by atoms with Crippen LogP contribution in [0.25, 0.3) is 17.3 Å². The molecule has 0 radical (unpaired) electrons. The van der Waals surface area contributed by atoms with Crippen LogP contribution in [0.5, 0.6) is 0 Å². The van der Waals surface area contributed by atoms with E-state index in [9.17, 15) is 0 Å². The highest BCUT2D eigenvalue weighted by Crippen LogP contribution is 2.32. The highest BCUT2D eigenvalue weighted by Gasteiger charge is 2.06. The molecule has 0 atom stereocenters. The topological polar surface area (TPSA) is 28.1 Å². The number of aliphatic imine (C=N–C) groups is 1. The molecule has 1 aromatic carbocycles. The Bertz CT molecular complexity index is 481. The Hall–Kier alpha value is -2.09. The van der Waals surface area contributed by atoms with E-state index in [-0.39, 0.29) is 0 Å². The Balaban J connectivity index is 2.66. The average Bonchev–Trinajstić information content (AvgIpc) is 2.81. The van der Waals surface area contributed by atoms with Crippen LogP contribution >= 0.6 is 0 Å². The molecule has 0 spiro atoms. The van der Waals surface area contributed by atoms with E-state index in [0.717, 1.165) is 22.5 Å². The van der Waals surface area contributed by atoms with Gasteiger partial charge in [-0.2, -0.15) is 0 Å². The molecular weight excluding hydrogens is 184 g/mol. The highest BCUT2D eigenvalue weighted by atomic mass is 14.7. The van der Waals surface area contributed by atoms with Gasteiger partial charge in [0.2, 0.25) is 0 Å². The molecular formula is C13H12N2. The number of rotatable bonds is 3. The normalized spacial score (nSPS) is 9.87. The second kappa shape index (κ2) is 3.96. The lowest BCUT2D eigenvalue weighted by Crippen LogP contribution is -1.81. The summed E-state index contributed by atoms with van der Waals surface area (Å²) >= 11 is 0. The maximum atomic E-state index is 4.06. The molecule has 2 heteroatoms. The van der Waals surface area contributed by atoms with E-state index in [1.54, 1.807) is 6.08 Å². The third kappa shape index (κ3) is 1.62. The minimum absolute atomic E-state index is 0.870. The number of aromatic amines is 1. The summed E-state index contributed by atoms with van der Waals surface area (Å²) < 4.78 is 0. The Morgan fingerprint density at radius 2 is 2.07 bits per heavy atom. The Morgan fingerprint density at radius 1 is 1.20 bits per heavy atom. The summed E-state index contributed by atoms with van der Waals surface area (Å²) in [5.74, 6) is 0. The molecule has 0 fully saturated rings. The number of nitrogens with zero attached hydrogens (tertiary/aromatic N) is 1. The predicted molar refractivity (Wildman–Crippen MR) is 65.5 cm³/mol. The van der Waals surface area contributed by atoms with Crippen LogP contribution in [-0.2, 0) is 0 Å². The van der Waals surface area contributed by atoms with Crippen molar-refractivity contribution in [3.8, 4) is 11.3 Å². The van der Waals surface area contributed by atoms with E-state index in [1.165, 1.54) is 0 Å². The van der Waals surface area contributed by atoms with E-state index < -0.39 is 0 Å². The summed E-state index contributed by atoms with van der Waals surface area (Å²) in [6.45, 7) is 7.36. The van der Waals surface area contributed by atoms with Crippen LogP contribution in [0, 0.1) is 0 Å². The lowest BCUT2D eigenvalue weighted by atomic mass is 10.0. The number of para-hydroxylation sites is 1. The molecule has 1 N–H and O–H groups in total. The standard InChI is InChI=1S/C13H12N2/c1-3-10-6-4-7-11(13(10)14-2)12-8-5-9-15-12/h3-9,15H,1-2H2. The van der Waals surface area contributed by atoms with E-state index >= 15 is 0 Å². The van der Waals surface area contributed by atoms with Crippen molar-refractivity contribution >= 4 is 18.5 Å². The van der Waals surface area contributed by atoms with E-state index in [1.807, 2.05) is 36.5 Å². The molecule has 0 saturated heterocycles. The molecule has 0 bridgehead atoms. The van der Waals surface area contributed by atoms with Crippen molar-refractivity contribution in [2.24, 2.45) is 4.99 Å². The SMILES string of the molecule is C=Cc1cccc(-c2ccc[nH]2)c1N=C. The molecule has 0 aliphatic carbocycles. The van der Waals surface area contributed by atoms with Crippen molar-refractivity contribution in [2.45, 2.75) is 0 Å². The number of hydrogen-bond acceptors (Lipinski definition) is 1. The first-order valence-corrected chi connectivity index (χ1v) is 4.72. The summed E-state index contributed by atoms with van der Waals surface area (Å²) in [5.41, 5.74) is 3.96. The van der Waals surface area contributed by atoms with Crippen LogP contribution in [-0.4, -0.2) is 11.7 Å². The van der Waals surface area contributed by atoms with Crippen LogP contribution in [0.2, 0.25) is 0 Å². The van der Waals surface area contributed by atoms with Gasteiger partial charge in [-0.25, -0.2) is 0 Å². The van der Waals surface area contributed by atoms with Crippen LogP contribution in [0.3, 0.4) is 0 Å². The van der Waals surface area contributed by atoms with Gasteiger partial charge in [0.1, 0.15) is 0 Å². The van der Waals surface area contributed by atoms with Gasteiger partial charge in [0.25, 0.3) is 0 Å². The Morgan fingerprint density at radius 3 is 2.67 bits per heavy atom. The molecule has 74 valence electrons. The molecule has 15 heavy (non-hydrogen) atoms. The quantitative estimate of drug-likeness (QED) is 0.726. The molecule has 1 aromatic heterocycles. The third-order valence-electron chi connectivity index (χ3n) is 2.33. The number of nitrogens with one attached hydrogen (secondary N) is 1. The summed E-state index contributed by atoms with van der Waals surface area (Å²) in [5, 5.41) is 0. The fourth-order valence-electron chi connectivity index (χ4n) is 1.62. The van der Waals surface area contributed by atoms with Gasteiger partial charge >= 0.3 is 0 Å². The second-order valence-corrected chi connectivity index (χ2v) is 3.19. The van der Waals surface area contributed by atoms with Crippen molar-refractivity contribution in [1.29, 1.82) is 0 Å². The van der Waals surface area contributed by atoms with Crippen LogP contribution < -0.4 is 0 Å². The van der Waals surface area contributed by atoms with Gasteiger partial charge < -0.3 is 4.98 Å². The molecule has 2 aromatic rings. The van der Waals surface area contributed by atoms with Crippen LogP contribution in [0.4, 0.5) is 5.69 Å². The highest BCUT2D eigenvalue weighted by molar-refractivity contribution is 5.81. The van der Waals surface area contributed by atoms with Gasteiger partial charge in [-0.1, -0.05) is 30.9 Å². The summed E-state index contributed by atoms with van der Waals surface area (Å²) in [6, 6.07) is 9.95. The molecule has 0 saturated carbocycles. The van der Waals surface area contributed by atoms with Crippen molar-refractivity contribution < 1.29 is 0 Å². The van der Waals surface area contributed by atoms with E-state index in [0.29, 0.717) is 0 Å². The van der Waals surface area contributed by atoms with Crippen LogP contribution in [0.15, 0.2) is 48.1 Å². The molecule has 2 nitrogen and oxygen atoms in total. The third-order valence-corrected chi connectivity index (χ3v) is 2.33. The summed E-state index contributed by atoms with van der Waals surface area (Å²) in [7, 11) is 0. The number of benzene rings is 1. The zero-order valence-corrected chi connectivity index (χ0v) is 8.40. The Labute approximate surface area is 89.0 Å². The first kappa shape index (κ1) is 9.46. The molecule has 0 aliphatic rings. The second-order valence-electron chi connectivity index (χ2n) is 3.19. The number of H-pyrrole nitrogens is 1. The lowest BCUT2D eigenvalue weighted by molar-refractivity contribution is 1.39. The zero-order valence-electron chi connectivity index (χ0n) is 8.40.